The molecule has 0 aromatic heterocycles. The van der Waals surface area contributed by atoms with Gasteiger partial charge in [0.2, 0.25) is 5.91 Å². The molecule has 3 nitrogen and oxygen atoms in total. The minimum atomic E-state index is -0.559. The molecule has 0 saturated heterocycles. The molecule has 4 heteroatoms. The molecular weight excluding hydrogens is 267 g/mol. The minimum Gasteiger partial charge on any atom is -0.379 e. The number of primary amides is 1. The van der Waals surface area contributed by atoms with Crippen molar-refractivity contribution < 1.29 is 9.18 Å². The first-order chi connectivity index (χ1) is 10.1. The van der Waals surface area contributed by atoms with E-state index in [1.54, 1.807) is 0 Å². The van der Waals surface area contributed by atoms with E-state index >= 15 is 0 Å². The topological polar surface area (TPSA) is 55.1 Å². The van der Waals surface area contributed by atoms with Crippen LogP contribution in [0.15, 0.2) is 42.5 Å². The number of benzene rings is 2. The fourth-order valence-electron chi connectivity index (χ4n) is 2.49. The maximum absolute atomic E-state index is 13.8. The second-order valence-electron chi connectivity index (χ2n) is 5.39. The number of carbonyl (C=O) groups is 1. The van der Waals surface area contributed by atoms with E-state index in [9.17, 15) is 9.18 Å². The van der Waals surface area contributed by atoms with Crippen molar-refractivity contribution in [3.8, 4) is 0 Å². The lowest BCUT2D eigenvalue weighted by Crippen LogP contribution is -2.12. The molecule has 3 N–H and O–H groups in total. The van der Waals surface area contributed by atoms with Crippen molar-refractivity contribution in [1.29, 1.82) is 0 Å². The van der Waals surface area contributed by atoms with Crippen molar-refractivity contribution in [3.05, 3.63) is 65.0 Å². The molecule has 1 fully saturated rings. The predicted molar refractivity (Wildman–Crippen MR) is 80.7 cm³/mol. The number of hydrogen-bond acceptors (Lipinski definition) is 2. The summed E-state index contributed by atoms with van der Waals surface area (Å²) in [7, 11) is 0. The molecule has 0 unspecified atom stereocenters. The van der Waals surface area contributed by atoms with Gasteiger partial charge >= 0.3 is 0 Å². The average molecular weight is 284 g/mol. The van der Waals surface area contributed by atoms with Crippen molar-refractivity contribution in [1.82, 2.24) is 0 Å². The Morgan fingerprint density at radius 1 is 1.24 bits per heavy atom. The maximum Gasteiger partial charge on any atom is 0.248 e. The summed E-state index contributed by atoms with van der Waals surface area (Å²) in [5.41, 5.74) is 8.33. The van der Waals surface area contributed by atoms with E-state index in [1.165, 1.54) is 42.2 Å². The van der Waals surface area contributed by atoms with Crippen molar-refractivity contribution in [2.24, 2.45) is 5.73 Å². The van der Waals surface area contributed by atoms with Gasteiger partial charge in [0.25, 0.3) is 0 Å². The molecule has 2 aromatic rings. The lowest BCUT2D eigenvalue weighted by Gasteiger charge is -2.12. The van der Waals surface area contributed by atoms with Crippen molar-refractivity contribution in [2.45, 2.75) is 25.3 Å². The second kappa shape index (κ2) is 5.56. The van der Waals surface area contributed by atoms with Crippen LogP contribution in [-0.2, 0) is 6.54 Å². The van der Waals surface area contributed by atoms with E-state index in [2.05, 4.69) is 17.4 Å². The third kappa shape index (κ3) is 3.05. The molecule has 0 heterocycles. The number of halogens is 1. The number of nitrogens with one attached hydrogen (secondary N) is 1. The molecule has 1 aliphatic rings. The van der Waals surface area contributed by atoms with E-state index in [-0.39, 0.29) is 5.82 Å². The first-order valence-electron chi connectivity index (χ1n) is 7.06. The van der Waals surface area contributed by atoms with Gasteiger partial charge in [-0.05, 0) is 48.1 Å². The maximum atomic E-state index is 13.8. The van der Waals surface area contributed by atoms with E-state index in [0.717, 1.165) is 0 Å². The minimum absolute atomic E-state index is 0.300. The zero-order chi connectivity index (χ0) is 14.8. The summed E-state index contributed by atoms with van der Waals surface area (Å²) in [5.74, 6) is -0.301. The third-order valence-corrected chi connectivity index (χ3v) is 3.79. The van der Waals surface area contributed by atoms with Crippen LogP contribution in [0.2, 0.25) is 0 Å². The fraction of sp³-hybridized carbons (Fsp3) is 0.235. The molecule has 1 aliphatic carbocycles. The molecule has 0 atom stereocenters. The van der Waals surface area contributed by atoms with Crippen LogP contribution in [-0.4, -0.2) is 5.91 Å². The summed E-state index contributed by atoms with van der Waals surface area (Å²) in [5, 5.41) is 3.06. The first-order valence-corrected chi connectivity index (χ1v) is 7.06. The van der Waals surface area contributed by atoms with Gasteiger partial charge in [-0.1, -0.05) is 24.3 Å². The molecule has 2 aromatic carbocycles. The number of hydrogen-bond donors (Lipinski definition) is 2. The monoisotopic (exact) mass is 284 g/mol. The van der Waals surface area contributed by atoms with Crippen LogP contribution < -0.4 is 11.1 Å². The third-order valence-electron chi connectivity index (χ3n) is 3.79. The van der Waals surface area contributed by atoms with Gasteiger partial charge in [-0.15, -0.1) is 0 Å². The fourth-order valence-corrected chi connectivity index (χ4v) is 2.49. The van der Waals surface area contributed by atoms with Crippen LogP contribution in [0.1, 0.15) is 40.2 Å². The SMILES string of the molecule is NC(=O)c1ccc(F)c(NCc2ccccc2C2CC2)c1. The summed E-state index contributed by atoms with van der Waals surface area (Å²) in [6, 6.07) is 12.3. The quantitative estimate of drug-likeness (QED) is 0.884. The number of anilines is 1. The molecule has 0 aliphatic heterocycles. The van der Waals surface area contributed by atoms with Crippen LogP contribution in [0.3, 0.4) is 0 Å². The van der Waals surface area contributed by atoms with Gasteiger partial charge in [0.15, 0.2) is 0 Å². The van der Waals surface area contributed by atoms with Crippen LogP contribution in [0.25, 0.3) is 0 Å². The van der Waals surface area contributed by atoms with Crippen LogP contribution in [0, 0.1) is 5.82 Å². The Bertz CT molecular complexity index is 680. The van der Waals surface area contributed by atoms with E-state index < -0.39 is 5.91 Å². The number of rotatable bonds is 5. The molecule has 0 radical (unpaired) electrons. The first kappa shape index (κ1) is 13.6. The summed E-state index contributed by atoms with van der Waals surface area (Å²) in [4.78, 5) is 11.2. The molecule has 0 bridgehead atoms. The Morgan fingerprint density at radius 3 is 2.71 bits per heavy atom. The van der Waals surface area contributed by atoms with Gasteiger partial charge in [-0.3, -0.25) is 4.79 Å². The smallest absolute Gasteiger partial charge is 0.248 e. The molecule has 108 valence electrons. The summed E-state index contributed by atoms with van der Waals surface area (Å²) in [6.07, 6.45) is 2.45. The van der Waals surface area contributed by atoms with Crippen molar-refractivity contribution in [3.63, 3.8) is 0 Å². The molecule has 21 heavy (non-hydrogen) atoms. The van der Waals surface area contributed by atoms with Crippen LogP contribution >= 0.6 is 0 Å². The number of amides is 1. The lowest BCUT2D eigenvalue weighted by molar-refractivity contribution is 0.100. The van der Waals surface area contributed by atoms with E-state index in [4.69, 9.17) is 5.73 Å². The van der Waals surface area contributed by atoms with Gasteiger partial charge in [0.05, 0.1) is 5.69 Å². The number of carbonyl (C=O) groups excluding carboxylic acids is 1. The van der Waals surface area contributed by atoms with Crippen LogP contribution in [0.4, 0.5) is 10.1 Å². The second-order valence-corrected chi connectivity index (χ2v) is 5.39. The Hall–Kier alpha value is -2.36. The van der Waals surface area contributed by atoms with Gasteiger partial charge in [0, 0.05) is 12.1 Å². The summed E-state index contributed by atoms with van der Waals surface area (Å²) >= 11 is 0. The van der Waals surface area contributed by atoms with Gasteiger partial charge in [-0.25, -0.2) is 4.39 Å². The Kier molecular flexibility index (Phi) is 3.60. The number of nitrogens with two attached hydrogens (primary N) is 1. The lowest BCUT2D eigenvalue weighted by atomic mass is 10.0. The van der Waals surface area contributed by atoms with E-state index in [0.29, 0.717) is 23.7 Å². The summed E-state index contributed by atoms with van der Waals surface area (Å²) in [6.45, 7) is 0.534. The van der Waals surface area contributed by atoms with E-state index in [1.807, 2.05) is 12.1 Å². The standard InChI is InChI=1S/C17H17FN2O/c18-15-8-7-12(17(19)21)9-16(15)20-10-13-3-1-2-4-14(13)11-5-6-11/h1-4,7-9,11,20H,5-6,10H2,(H2,19,21). The highest BCUT2D eigenvalue weighted by Crippen LogP contribution is 2.41. The average Bonchev–Trinajstić information content (AvgIpc) is 3.31. The predicted octanol–water partition coefficient (Wildman–Crippen LogP) is 3.41. The Morgan fingerprint density at radius 2 is 2.00 bits per heavy atom. The molecular formula is C17H17FN2O. The zero-order valence-electron chi connectivity index (χ0n) is 11.6. The van der Waals surface area contributed by atoms with Gasteiger partial charge < -0.3 is 11.1 Å². The highest BCUT2D eigenvalue weighted by atomic mass is 19.1. The molecule has 1 amide bonds. The largest absolute Gasteiger partial charge is 0.379 e. The van der Waals surface area contributed by atoms with Crippen LogP contribution in [0.5, 0.6) is 0 Å². The van der Waals surface area contributed by atoms with Gasteiger partial charge in [0.1, 0.15) is 5.82 Å². The van der Waals surface area contributed by atoms with Gasteiger partial charge in [-0.2, -0.15) is 0 Å². The molecule has 1 saturated carbocycles. The Balaban J connectivity index is 1.79. The highest BCUT2D eigenvalue weighted by molar-refractivity contribution is 5.93. The zero-order valence-corrected chi connectivity index (χ0v) is 11.6. The highest BCUT2D eigenvalue weighted by Gasteiger charge is 2.25. The normalized spacial score (nSPS) is 14.0. The van der Waals surface area contributed by atoms with Crippen molar-refractivity contribution in [2.75, 3.05) is 5.32 Å². The Labute approximate surface area is 123 Å². The summed E-state index contributed by atoms with van der Waals surface area (Å²) < 4.78 is 13.8. The molecule has 3 rings (SSSR count). The molecule has 0 spiro atoms. The van der Waals surface area contributed by atoms with Crippen molar-refractivity contribution >= 4 is 11.6 Å².